The fourth-order valence-electron chi connectivity index (χ4n) is 3.11. The quantitative estimate of drug-likeness (QED) is 0.151. The minimum Gasteiger partial charge on any atom is -0.465 e. The Bertz CT molecular complexity index is 367. The lowest BCUT2D eigenvalue weighted by Gasteiger charge is -2.27. The standard InChI is InChI=1S/C24H46O4/c1-3-5-6-7-8-9-10-11-12-13-14-15-16-17-18-19-23(27)28-22-24(4-2,20-25)21-26/h11-12,25-26H,3-10,13-22H2,1-2H3/b12-11+. The maximum Gasteiger partial charge on any atom is 0.305 e. The summed E-state index contributed by atoms with van der Waals surface area (Å²) in [5, 5.41) is 18.7. The average molecular weight is 399 g/mol. The fourth-order valence-corrected chi connectivity index (χ4v) is 3.11. The third-order valence-electron chi connectivity index (χ3n) is 5.60. The van der Waals surface area contributed by atoms with Crippen molar-refractivity contribution in [2.75, 3.05) is 19.8 Å². The predicted octanol–water partition coefficient (Wildman–Crippen LogP) is 5.95. The van der Waals surface area contributed by atoms with E-state index in [0.29, 0.717) is 12.8 Å². The van der Waals surface area contributed by atoms with E-state index >= 15 is 0 Å². The van der Waals surface area contributed by atoms with E-state index in [4.69, 9.17) is 4.74 Å². The number of unbranched alkanes of at least 4 members (excludes halogenated alkanes) is 11. The summed E-state index contributed by atoms with van der Waals surface area (Å²) in [5.74, 6) is -0.225. The molecule has 0 fully saturated rings. The molecule has 0 amide bonds. The molecule has 0 unspecified atom stereocenters. The predicted molar refractivity (Wildman–Crippen MR) is 117 cm³/mol. The Balaban J connectivity index is 3.45. The lowest BCUT2D eigenvalue weighted by molar-refractivity contribution is -0.149. The van der Waals surface area contributed by atoms with E-state index in [1.165, 1.54) is 64.2 Å². The van der Waals surface area contributed by atoms with Crippen LogP contribution in [0.3, 0.4) is 0 Å². The van der Waals surface area contributed by atoms with E-state index in [0.717, 1.165) is 19.3 Å². The minimum absolute atomic E-state index is 0.0976. The molecule has 2 N–H and O–H groups in total. The zero-order valence-electron chi connectivity index (χ0n) is 18.6. The molecule has 0 atom stereocenters. The van der Waals surface area contributed by atoms with Crippen LogP contribution in [-0.4, -0.2) is 36.0 Å². The molecular weight excluding hydrogens is 352 g/mol. The first-order chi connectivity index (χ1) is 13.6. The number of carbonyl (C=O) groups is 1. The van der Waals surface area contributed by atoms with E-state index in [-0.39, 0.29) is 25.8 Å². The highest BCUT2D eigenvalue weighted by atomic mass is 16.5. The molecule has 166 valence electrons. The van der Waals surface area contributed by atoms with Crippen molar-refractivity contribution in [3.8, 4) is 0 Å². The van der Waals surface area contributed by atoms with Gasteiger partial charge >= 0.3 is 5.97 Å². The third-order valence-corrected chi connectivity index (χ3v) is 5.60. The highest BCUT2D eigenvalue weighted by Gasteiger charge is 2.28. The number of rotatable bonds is 20. The van der Waals surface area contributed by atoms with Crippen LogP contribution in [0.1, 0.15) is 110 Å². The first kappa shape index (κ1) is 27.1. The molecule has 4 nitrogen and oxygen atoms in total. The highest BCUT2D eigenvalue weighted by Crippen LogP contribution is 2.21. The van der Waals surface area contributed by atoms with Gasteiger partial charge in [0.1, 0.15) is 6.61 Å². The van der Waals surface area contributed by atoms with Gasteiger partial charge in [0.2, 0.25) is 0 Å². The number of allylic oxidation sites excluding steroid dienone is 2. The maximum absolute atomic E-state index is 11.8. The summed E-state index contributed by atoms with van der Waals surface area (Å²) in [6.07, 6.45) is 21.7. The van der Waals surface area contributed by atoms with Crippen molar-refractivity contribution < 1.29 is 19.7 Å². The lowest BCUT2D eigenvalue weighted by Crippen LogP contribution is -2.35. The monoisotopic (exact) mass is 398 g/mol. The molecule has 0 saturated heterocycles. The number of hydrogen-bond donors (Lipinski definition) is 2. The van der Waals surface area contributed by atoms with E-state index < -0.39 is 5.41 Å². The van der Waals surface area contributed by atoms with Gasteiger partial charge in [-0.3, -0.25) is 4.79 Å². The molecule has 28 heavy (non-hydrogen) atoms. The van der Waals surface area contributed by atoms with Gasteiger partial charge in [-0.25, -0.2) is 0 Å². The van der Waals surface area contributed by atoms with Crippen molar-refractivity contribution in [1.29, 1.82) is 0 Å². The second kappa shape index (κ2) is 19.4. The van der Waals surface area contributed by atoms with Gasteiger partial charge in [0.25, 0.3) is 0 Å². The van der Waals surface area contributed by atoms with Gasteiger partial charge in [-0.1, -0.05) is 77.4 Å². The molecule has 0 saturated carbocycles. The molecular formula is C24H46O4. The van der Waals surface area contributed by atoms with Gasteiger partial charge in [-0.05, 0) is 38.5 Å². The third kappa shape index (κ3) is 15.1. The topological polar surface area (TPSA) is 66.8 Å². The molecule has 4 heteroatoms. The van der Waals surface area contributed by atoms with Crippen LogP contribution < -0.4 is 0 Å². The SMILES string of the molecule is CCCCCCCC/C=C/CCCCCCCC(=O)OCC(CC)(CO)CO. The largest absolute Gasteiger partial charge is 0.465 e. The Kier molecular flexibility index (Phi) is 18.8. The second-order valence-electron chi connectivity index (χ2n) is 8.16. The van der Waals surface area contributed by atoms with Crippen LogP contribution in [0.15, 0.2) is 12.2 Å². The van der Waals surface area contributed by atoms with Crippen molar-refractivity contribution in [2.45, 2.75) is 110 Å². The Labute approximate surface area is 173 Å². The summed E-state index contributed by atoms with van der Waals surface area (Å²) in [6, 6.07) is 0. The molecule has 0 aliphatic rings. The van der Waals surface area contributed by atoms with Gasteiger partial charge in [-0.15, -0.1) is 0 Å². The summed E-state index contributed by atoms with van der Waals surface area (Å²) in [4.78, 5) is 11.8. The van der Waals surface area contributed by atoms with Crippen molar-refractivity contribution in [1.82, 2.24) is 0 Å². The van der Waals surface area contributed by atoms with E-state index in [1.807, 2.05) is 6.92 Å². The zero-order valence-corrected chi connectivity index (χ0v) is 18.6. The van der Waals surface area contributed by atoms with Crippen molar-refractivity contribution in [3.05, 3.63) is 12.2 Å². The van der Waals surface area contributed by atoms with Crippen molar-refractivity contribution >= 4 is 5.97 Å². The molecule has 0 radical (unpaired) electrons. The van der Waals surface area contributed by atoms with Crippen molar-refractivity contribution in [2.24, 2.45) is 5.41 Å². The molecule has 0 aromatic rings. The number of carbonyl (C=O) groups excluding carboxylic acids is 1. The highest BCUT2D eigenvalue weighted by molar-refractivity contribution is 5.69. The van der Waals surface area contributed by atoms with Crippen LogP contribution in [0, 0.1) is 5.41 Å². The first-order valence-electron chi connectivity index (χ1n) is 11.7. The van der Waals surface area contributed by atoms with Gasteiger partial charge in [0, 0.05) is 6.42 Å². The van der Waals surface area contributed by atoms with Crippen LogP contribution in [-0.2, 0) is 9.53 Å². The second-order valence-corrected chi connectivity index (χ2v) is 8.16. The van der Waals surface area contributed by atoms with E-state index in [2.05, 4.69) is 19.1 Å². The number of esters is 1. The minimum atomic E-state index is -0.696. The summed E-state index contributed by atoms with van der Waals surface area (Å²) in [5.41, 5.74) is -0.696. The van der Waals surface area contributed by atoms with Crippen LogP contribution in [0.2, 0.25) is 0 Å². The van der Waals surface area contributed by atoms with E-state index in [1.54, 1.807) is 0 Å². The van der Waals surface area contributed by atoms with Gasteiger partial charge in [0.15, 0.2) is 0 Å². The summed E-state index contributed by atoms with van der Waals surface area (Å²) in [7, 11) is 0. The molecule has 0 aromatic heterocycles. The van der Waals surface area contributed by atoms with Gasteiger partial charge < -0.3 is 14.9 Å². The average Bonchev–Trinajstić information content (AvgIpc) is 2.72. The summed E-state index contributed by atoms with van der Waals surface area (Å²) < 4.78 is 5.23. The van der Waals surface area contributed by atoms with Crippen LogP contribution in [0.5, 0.6) is 0 Å². The lowest BCUT2D eigenvalue weighted by atomic mass is 9.88. The van der Waals surface area contributed by atoms with Crippen LogP contribution in [0.25, 0.3) is 0 Å². The normalized spacial score (nSPS) is 12.0. The number of hydrogen-bond acceptors (Lipinski definition) is 4. The molecule has 0 heterocycles. The summed E-state index contributed by atoms with van der Waals surface area (Å²) in [6.45, 7) is 3.90. The Morgan fingerprint density at radius 1 is 0.786 bits per heavy atom. The fraction of sp³-hybridized carbons (Fsp3) is 0.875. The van der Waals surface area contributed by atoms with Gasteiger partial charge in [0.05, 0.1) is 18.6 Å². The molecule has 0 bridgehead atoms. The number of ether oxygens (including phenoxy) is 1. The molecule has 0 aliphatic carbocycles. The first-order valence-corrected chi connectivity index (χ1v) is 11.7. The number of aliphatic hydroxyl groups excluding tert-OH is 2. The molecule has 0 spiro atoms. The Morgan fingerprint density at radius 3 is 1.79 bits per heavy atom. The van der Waals surface area contributed by atoms with Gasteiger partial charge in [-0.2, -0.15) is 0 Å². The number of aliphatic hydroxyl groups is 2. The van der Waals surface area contributed by atoms with Crippen LogP contribution in [0.4, 0.5) is 0 Å². The zero-order chi connectivity index (χ0) is 20.9. The molecule has 0 aromatic carbocycles. The Hall–Kier alpha value is -0.870. The summed E-state index contributed by atoms with van der Waals surface area (Å²) >= 11 is 0. The Morgan fingerprint density at radius 2 is 1.29 bits per heavy atom. The molecule has 0 aliphatic heterocycles. The van der Waals surface area contributed by atoms with Crippen molar-refractivity contribution in [3.63, 3.8) is 0 Å². The van der Waals surface area contributed by atoms with E-state index in [9.17, 15) is 15.0 Å². The maximum atomic E-state index is 11.8. The smallest absolute Gasteiger partial charge is 0.305 e. The van der Waals surface area contributed by atoms with Crippen LogP contribution >= 0.6 is 0 Å². The molecule has 0 rings (SSSR count).